The van der Waals surface area contributed by atoms with E-state index in [4.69, 9.17) is 14.6 Å². The van der Waals surface area contributed by atoms with Gasteiger partial charge in [-0.25, -0.2) is 4.79 Å². The molecule has 0 bridgehead atoms. The van der Waals surface area contributed by atoms with Crippen molar-refractivity contribution in [2.45, 2.75) is 6.61 Å². The lowest BCUT2D eigenvalue weighted by Crippen LogP contribution is -2.12. The lowest BCUT2D eigenvalue weighted by Gasteiger charge is -2.20. The lowest BCUT2D eigenvalue weighted by atomic mass is 10.0. The van der Waals surface area contributed by atoms with Gasteiger partial charge in [0.2, 0.25) is 0 Å². The molecule has 0 saturated carbocycles. The summed E-state index contributed by atoms with van der Waals surface area (Å²) in [6.45, 7) is 0.619. The number of carboxylic acid groups (broad SMARTS) is 1. The number of hydrogen-bond donors (Lipinski definition) is 2. The Hall–Kier alpha value is -1.86. The first-order valence-corrected chi connectivity index (χ1v) is 6.27. The van der Waals surface area contributed by atoms with Crippen molar-refractivity contribution >= 4 is 21.9 Å². The molecule has 0 aliphatic carbocycles. The fraction of sp³-hybridized carbons (Fsp3) is 0.167. The van der Waals surface area contributed by atoms with Crippen molar-refractivity contribution in [1.82, 2.24) is 10.2 Å². The monoisotopic (exact) mass is 324 g/mol. The number of nitrogens with one attached hydrogen (secondary N) is 1. The van der Waals surface area contributed by atoms with Gasteiger partial charge in [-0.2, -0.15) is 5.10 Å². The second-order valence-corrected chi connectivity index (χ2v) is 4.84. The number of H-pyrrole nitrogens is 1. The van der Waals surface area contributed by atoms with Gasteiger partial charge in [0.25, 0.3) is 0 Å². The number of ether oxygens (including phenoxy) is 2. The third kappa shape index (κ3) is 2.11. The minimum absolute atomic E-state index is 0.0390. The predicted molar refractivity (Wildman–Crippen MR) is 69.0 cm³/mol. The normalized spacial score (nSPS) is 13.7. The van der Waals surface area contributed by atoms with E-state index >= 15 is 0 Å². The van der Waals surface area contributed by atoms with Gasteiger partial charge < -0.3 is 14.6 Å². The molecule has 1 aliphatic rings. The van der Waals surface area contributed by atoms with Crippen LogP contribution in [0.5, 0.6) is 5.75 Å². The quantitative estimate of drug-likeness (QED) is 0.886. The summed E-state index contributed by atoms with van der Waals surface area (Å²) >= 11 is 3.45. The first-order valence-electron chi connectivity index (χ1n) is 5.48. The minimum atomic E-state index is -1.05. The number of nitrogens with zero attached hydrogens (tertiary/aromatic N) is 1. The van der Waals surface area contributed by atoms with Crippen LogP contribution in [0.25, 0.3) is 11.3 Å². The molecule has 19 heavy (non-hydrogen) atoms. The second kappa shape index (κ2) is 4.67. The van der Waals surface area contributed by atoms with Crippen molar-refractivity contribution < 1.29 is 19.4 Å². The molecule has 1 aromatic carbocycles. The van der Waals surface area contributed by atoms with Gasteiger partial charge in [-0.15, -0.1) is 0 Å². The molecule has 0 amide bonds. The van der Waals surface area contributed by atoms with Crippen LogP contribution < -0.4 is 4.74 Å². The molecular formula is C12H9BrN2O4. The van der Waals surface area contributed by atoms with Crippen LogP contribution in [-0.4, -0.2) is 28.1 Å². The molecule has 0 atom stereocenters. The molecule has 6 nitrogen and oxygen atoms in total. The number of rotatable bonds is 2. The number of carboxylic acids is 1. The summed E-state index contributed by atoms with van der Waals surface area (Å²) in [7, 11) is 0. The zero-order valence-electron chi connectivity index (χ0n) is 9.64. The van der Waals surface area contributed by atoms with Crippen LogP contribution in [-0.2, 0) is 11.3 Å². The molecule has 1 aliphatic heterocycles. The molecule has 0 spiro atoms. The Morgan fingerprint density at radius 1 is 1.47 bits per heavy atom. The number of benzene rings is 1. The third-order valence-corrected chi connectivity index (χ3v) is 3.49. The number of carbonyl (C=O) groups is 1. The number of halogens is 1. The highest BCUT2D eigenvalue weighted by Crippen LogP contribution is 2.38. The molecule has 3 rings (SSSR count). The number of hydrogen-bond acceptors (Lipinski definition) is 4. The number of aromatic carboxylic acids is 1. The maximum Gasteiger partial charge on any atom is 0.353 e. The van der Waals surface area contributed by atoms with Crippen LogP contribution in [0.15, 0.2) is 22.7 Å². The highest BCUT2D eigenvalue weighted by molar-refractivity contribution is 9.10. The maximum absolute atomic E-state index is 10.9. The summed E-state index contributed by atoms with van der Waals surface area (Å²) in [4.78, 5) is 10.9. The largest absolute Gasteiger partial charge is 0.477 e. The van der Waals surface area contributed by atoms with Gasteiger partial charge in [0.15, 0.2) is 6.79 Å². The van der Waals surface area contributed by atoms with Gasteiger partial charge in [0, 0.05) is 15.6 Å². The maximum atomic E-state index is 10.9. The van der Waals surface area contributed by atoms with E-state index in [2.05, 4.69) is 26.1 Å². The standard InChI is InChI=1S/C12H9BrN2O4/c13-7-1-2-10-6(4-18-5-19-10)11(7)8-3-9(12(16)17)15-14-8/h1-3H,4-5H2,(H,14,15)(H,16,17). The molecule has 0 saturated heterocycles. The van der Waals surface area contributed by atoms with Crippen LogP contribution in [0.4, 0.5) is 0 Å². The highest BCUT2D eigenvalue weighted by Gasteiger charge is 2.21. The summed E-state index contributed by atoms with van der Waals surface area (Å²) < 4.78 is 11.5. The Morgan fingerprint density at radius 3 is 3.05 bits per heavy atom. The lowest BCUT2D eigenvalue weighted by molar-refractivity contribution is -0.0160. The predicted octanol–water partition coefficient (Wildman–Crippen LogP) is 2.40. The number of fused-ring (bicyclic) bond motifs is 1. The molecule has 2 heterocycles. The van der Waals surface area contributed by atoms with E-state index in [1.807, 2.05) is 12.1 Å². The smallest absolute Gasteiger partial charge is 0.353 e. The Kier molecular flexibility index (Phi) is 3.00. The van der Waals surface area contributed by atoms with E-state index in [0.29, 0.717) is 12.3 Å². The molecule has 0 fully saturated rings. The zero-order chi connectivity index (χ0) is 13.4. The van der Waals surface area contributed by atoms with Gasteiger partial charge >= 0.3 is 5.97 Å². The first kappa shape index (κ1) is 12.2. The van der Waals surface area contributed by atoms with Gasteiger partial charge in [-0.1, -0.05) is 15.9 Å². The fourth-order valence-electron chi connectivity index (χ4n) is 1.96. The molecule has 1 aromatic heterocycles. The van der Waals surface area contributed by atoms with Gasteiger partial charge in [-0.05, 0) is 18.2 Å². The van der Waals surface area contributed by atoms with E-state index in [1.165, 1.54) is 6.07 Å². The molecule has 2 aromatic rings. The minimum Gasteiger partial charge on any atom is -0.477 e. The van der Waals surface area contributed by atoms with E-state index in [9.17, 15) is 4.79 Å². The number of aromatic amines is 1. The molecular weight excluding hydrogens is 316 g/mol. The summed E-state index contributed by atoms with van der Waals surface area (Å²) in [5, 5.41) is 15.4. The van der Waals surface area contributed by atoms with Crippen molar-refractivity contribution in [1.29, 1.82) is 0 Å². The van der Waals surface area contributed by atoms with Gasteiger partial charge in [0.1, 0.15) is 11.4 Å². The van der Waals surface area contributed by atoms with Crippen molar-refractivity contribution in [2.75, 3.05) is 6.79 Å². The van der Waals surface area contributed by atoms with Crippen LogP contribution in [0.2, 0.25) is 0 Å². The first-order chi connectivity index (χ1) is 9.16. The molecule has 0 radical (unpaired) electrons. The molecule has 2 N–H and O–H groups in total. The van der Waals surface area contributed by atoms with Crippen LogP contribution in [0.1, 0.15) is 16.1 Å². The average molecular weight is 325 g/mol. The van der Waals surface area contributed by atoms with Crippen molar-refractivity contribution in [2.24, 2.45) is 0 Å². The Morgan fingerprint density at radius 2 is 2.32 bits per heavy atom. The molecule has 0 unspecified atom stereocenters. The Labute approximate surface area is 116 Å². The van der Waals surface area contributed by atoms with E-state index in [-0.39, 0.29) is 12.5 Å². The van der Waals surface area contributed by atoms with Crippen molar-refractivity contribution in [3.05, 3.63) is 33.9 Å². The Balaban J connectivity index is 2.15. The average Bonchev–Trinajstić information content (AvgIpc) is 2.88. The van der Waals surface area contributed by atoms with E-state index < -0.39 is 5.97 Å². The molecule has 98 valence electrons. The van der Waals surface area contributed by atoms with Crippen molar-refractivity contribution in [3.8, 4) is 17.0 Å². The third-order valence-electron chi connectivity index (χ3n) is 2.83. The van der Waals surface area contributed by atoms with Crippen LogP contribution in [0, 0.1) is 0 Å². The number of aromatic nitrogens is 2. The molecule has 7 heteroatoms. The van der Waals surface area contributed by atoms with Crippen LogP contribution in [0.3, 0.4) is 0 Å². The zero-order valence-corrected chi connectivity index (χ0v) is 11.2. The highest BCUT2D eigenvalue weighted by atomic mass is 79.9. The van der Waals surface area contributed by atoms with E-state index in [1.54, 1.807) is 0 Å². The summed E-state index contributed by atoms with van der Waals surface area (Å²) in [6.07, 6.45) is 0. The van der Waals surface area contributed by atoms with E-state index in [0.717, 1.165) is 21.3 Å². The second-order valence-electron chi connectivity index (χ2n) is 3.98. The Bertz CT molecular complexity index is 653. The van der Waals surface area contributed by atoms with Crippen LogP contribution >= 0.6 is 15.9 Å². The van der Waals surface area contributed by atoms with Gasteiger partial charge in [-0.3, -0.25) is 5.10 Å². The summed E-state index contributed by atoms with van der Waals surface area (Å²) in [6, 6.07) is 5.17. The summed E-state index contributed by atoms with van der Waals surface area (Å²) in [5.41, 5.74) is 2.21. The topological polar surface area (TPSA) is 84.4 Å². The fourth-order valence-corrected chi connectivity index (χ4v) is 2.54. The van der Waals surface area contributed by atoms with Gasteiger partial charge in [0.05, 0.1) is 12.3 Å². The SMILES string of the molecule is O=C(O)c1cc(-c2c(Br)ccc3c2COCO3)n[nH]1. The summed E-state index contributed by atoms with van der Waals surface area (Å²) in [5.74, 6) is -0.323. The van der Waals surface area contributed by atoms with Crippen molar-refractivity contribution in [3.63, 3.8) is 0 Å².